The minimum absolute atomic E-state index is 0.0729. The third-order valence-electron chi connectivity index (χ3n) is 3.83. The highest BCUT2D eigenvalue weighted by atomic mass is 35.5. The first-order chi connectivity index (χ1) is 12.3. The first-order valence-corrected chi connectivity index (χ1v) is 8.35. The van der Waals surface area contributed by atoms with Gasteiger partial charge in [-0.2, -0.15) is 0 Å². The molecule has 0 aromatic heterocycles. The standard InChI is InChI=1S/C19H18ClF2NO3/c1-11(13-6-4-3-5-7-13)10-23-18(24)12(2)26-19(25)14-8-16(21)17(22)9-15(14)20/h3-9,11-12H,10H2,1-2H3,(H,23,24). The van der Waals surface area contributed by atoms with Gasteiger partial charge in [-0.05, 0) is 30.5 Å². The van der Waals surface area contributed by atoms with Gasteiger partial charge in [-0.15, -0.1) is 0 Å². The van der Waals surface area contributed by atoms with Gasteiger partial charge < -0.3 is 10.1 Å². The van der Waals surface area contributed by atoms with Gasteiger partial charge in [0.25, 0.3) is 5.91 Å². The summed E-state index contributed by atoms with van der Waals surface area (Å²) in [5.74, 6) is -3.83. The van der Waals surface area contributed by atoms with Crippen molar-refractivity contribution in [2.75, 3.05) is 6.54 Å². The lowest BCUT2D eigenvalue weighted by atomic mass is 10.0. The van der Waals surface area contributed by atoms with E-state index in [9.17, 15) is 18.4 Å². The Kier molecular flexibility index (Phi) is 6.69. The average molecular weight is 382 g/mol. The normalized spacial score (nSPS) is 13.0. The summed E-state index contributed by atoms with van der Waals surface area (Å²) >= 11 is 5.72. The van der Waals surface area contributed by atoms with E-state index in [0.29, 0.717) is 18.7 Å². The maximum atomic E-state index is 13.3. The molecule has 26 heavy (non-hydrogen) atoms. The number of hydrogen-bond acceptors (Lipinski definition) is 3. The minimum atomic E-state index is -1.23. The molecule has 0 saturated heterocycles. The van der Waals surface area contributed by atoms with E-state index in [1.165, 1.54) is 6.92 Å². The Hall–Kier alpha value is -2.47. The van der Waals surface area contributed by atoms with Gasteiger partial charge in [-0.3, -0.25) is 4.79 Å². The molecular weight excluding hydrogens is 364 g/mol. The molecule has 0 bridgehead atoms. The number of halogens is 3. The lowest BCUT2D eigenvalue weighted by molar-refractivity contribution is -0.129. The van der Waals surface area contributed by atoms with Crippen LogP contribution in [-0.4, -0.2) is 24.5 Å². The predicted octanol–water partition coefficient (Wildman–Crippen LogP) is 4.08. The molecule has 0 heterocycles. The van der Waals surface area contributed by atoms with Crippen LogP contribution in [0.2, 0.25) is 5.02 Å². The van der Waals surface area contributed by atoms with Crippen LogP contribution >= 0.6 is 11.6 Å². The molecule has 4 nitrogen and oxygen atoms in total. The second kappa shape index (κ2) is 8.76. The van der Waals surface area contributed by atoms with Gasteiger partial charge in [0.2, 0.25) is 0 Å². The SMILES string of the molecule is CC(OC(=O)c1cc(F)c(F)cc1Cl)C(=O)NCC(C)c1ccccc1. The van der Waals surface area contributed by atoms with Crippen molar-refractivity contribution >= 4 is 23.5 Å². The molecule has 0 fully saturated rings. The lowest BCUT2D eigenvalue weighted by Crippen LogP contribution is -2.37. The molecule has 2 aromatic rings. The summed E-state index contributed by atoms with van der Waals surface area (Å²) < 4.78 is 31.3. The van der Waals surface area contributed by atoms with E-state index in [0.717, 1.165) is 5.56 Å². The van der Waals surface area contributed by atoms with Crippen molar-refractivity contribution in [1.29, 1.82) is 0 Å². The van der Waals surface area contributed by atoms with Gasteiger partial charge in [0.15, 0.2) is 17.7 Å². The van der Waals surface area contributed by atoms with Crippen molar-refractivity contribution in [2.45, 2.75) is 25.9 Å². The topological polar surface area (TPSA) is 55.4 Å². The van der Waals surface area contributed by atoms with Crippen LogP contribution in [0.1, 0.15) is 35.7 Å². The van der Waals surface area contributed by atoms with Gasteiger partial charge >= 0.3 is 5.97 Å². The quantitative estimate of drug-likeness (QED) is 0.606. The molecular formula is C19H18ClF2NO3. The van der Waals surface area contributed by atoms with E-state index >= 15 is 0 Å². The number of benzene rings is 2. The Labute approximate surface area is 155 Å². The zero-order valence-electron chi connectivity index (χ0n) is 14.3. The first kappa shape index (κ1) is 19.8. The van der Waals surface area contributed by atoms with Gasteiger partial charge in [-0.25, -0.2) is 13.6 Å². The molecule has 0 radical (unpaired) electrons. The van der Waals surface area contributed by atoms with Crippen LogP contribution in [0.4, 0.5) is 8.78 Å². The number of rotatable bonds is 6. The second-order valence-electron chi connectivity index (χ2n) is 5.85. The van der Waals surface area contributed by atoms with Crippen LogP contribution in [0.3, 0.4) is 0 Å². The molecule has 0 aliphatic rings. The summed E-state index contributed by atoms with van der Waals surface area (Å²) in [4.78, 5) is 24.1. The fourth-order valence-electron chi connectivity index (χ4n) is 2.25. The molecule has 2 aromatic carbocycles. The Bertz CT molecular complexity index is 799. The monoisotopic (exact) mass is 381 g/mol. The number of carbonyl (C=O) groups is 2. The Morgan fingerprint density at radius 1 is 1.12 bits per heavy atom. The van der Waals surface area contributed by atoms with Gasteiger partial charge in [0.05, 0.1) is 10.6 Å². The van der Waals surface area contributed by atoms with Crippen molar-refractivity contribution in [3.63, 3.8) is 0 Å². The van der Waals surface area contributed by atoms with E-state index < -0.39 is 29.6 Å². The van der Waals surface area contributed by atoms with Crippen molar-refractivity contribution < 1.29 is 23.1 Å². The van der Waals surface area contributed by atoms with E-state index in [1.807, 2.05) is 37.3 Å². The Morgan fingerprint density at radius 2 is 1.73 bits per heavy atom. The Morgan fingerprint density at radius 3 is 2.38 bits per heavy atom. The summed E-state index contributed by atoms with van der Waals surface area (Å²) in [5.41, 5.74) is 0.717. The zero-order chi connectivity index (χ0) is 19.3. The van der Waals surface area contributed by atoms with Gasteiger partial charge in [0, 0.05) is 6.54 Å². The molecule has 2 unspecified atom stereocenters. The van der Waals surface area contributed by atoms with Crippen LogP contribution < -0.4 is 5.32 Å². The van der Waals surface area contributed by atoms with Crippen LogP contribution in [0, 0.1) is 11.6 Å². The number of esters is 1. The summed E-state index contributed by atoms with van der Waals surface area (Å²) in [5, 5.41) is 2.40. The van der Waals surface area contributed by atoms with Crippen LogP contribution in [-0.2, 0) is 9.53 Å². The smallest absolute Gasteiger partial charge is 0.340 e. The van der Waals surface area contributed by atoms with Crippen LogP contribution in [0.25, 0.3) is 0 Å². The minimum Gasteiger partial charge on any atom is -0.449 e. The Balaban J connectivity index is 1.92. The van der Waals surface area contributed by atoms with Gasteiger partial charge in [-0.1, -0.05) is 48.9 Å². The summed E-state index contributed by atoms with van der Waals surface area (Å²) in [6.07, 6.45) is -1.12. The largest absolute Gasteiger partial charge is 0.449 e. The van der Waals surface area contributed by atoms with E-state index in [4.69, 9.17) is 16.3 Å². The molecule has 7 heteroatoms. The highest BCUT2D eigenvalue weighted by Gasteiger charge is 2.22. The molecule has 0 aliphatic heterocycles. The van der Waals surface area contributed by atoms with E-state index in [2.05, 4.69) is 5.32 Å². The summed E-state index contributed by atoms with van der Waals surface area (Å²) in [6.45, 7) is 3.69. The van der Waals surface area contributed by atoms with Crippen molar-refractivity contribution in [3.05, 3.63) is 70.2 Å². The average Bonchev–Trinajstić information content (AvgIpc) is 2.62. The molecule has 2 atom stereocenters. The highest BCUT2D eigenvalue weighted by molar-refractivity contribution is 6.33. The van der Waals surface area contributed by atoms with E-state index in [1.54, 1.807) is 0 Å². The van der Waals surface area contributed by atoms with Gasteiger partial charge in [0.1, 0.15) is 0 Å². The van der Waals surface area contributed by atoms with Crippen molar-refractivity contribution in [1.82, 2.24) is 5.32 Å². The molecule has 2 rings (SSSR count). The first-order valence-electron chi connectivity index (χ1n) is 7.97. The molecule has 1 amide bonds. The molecule has 1 N–H and O–H groups in total. The number of hydrogen-bond donors (Lipinski definition) is 1. The highest BCUT2D eigenvalue weighted by Crippen LogP contribution is 2.21. The summed E-state index contributed by atoms with van der Waals surface area (Å²) in [6, 6.07) is 10.9. The number of carbonyl (C=O) groups excluding carboxylic acids is 2. The number of nitrogens with one attached hydrogen (secondary N) is 1. The fourth-order valence-corrected chi connectivity index (χ4v) is 2.48. The summed E-state index contributed by atoms with van der Waals surface area (Å²) in [7, 11) is 0. The fraction of sp³-hybridized carbons (Fsp3) is 0.263. The maximum absolute atomic E-state index is 13.3. The molecule has 138 valence electrons. The van der Waals surface area contributed by atoms with Crippen molar-refractivity contribution in [2.24, 2.45) is 0 Å². The number of ether oxygens (including phenoxy) is 1. The van der Waals surface area contributed by atoms with Crippen LogP contribution in [0.5, 0.6) is 0 Å². The van der Waals surface area contributed by atoms with E-state index in [-0.39, 0.29) is 16.5 Å². The van der Waals surface area contributed by atoms with Crippen molar-refractivity contribution in [3.8, 4) is 0 Å². The third kappa shape index (κ3) is 5.02. The van der Waals surface area contributed by atoms with Crippen LogP contribution in [0.15, 0.2) is 42.5 Å². The molecule has 0 saturated carbocycles. The third-order valence-corrected chi connectivity index (χ3v) is 4.15. The lowest BCUT2D eigenvalue weighted by Gasteiger charge is -2.17. The molecule has 0 spiro atoms. The zero-order valence-corrected chi connectivity index (χ0v) is 15.0. The molecule has 0 aliphatic carbocycles. The predicted molar refractivity (Wildman–Crippen MR) is 94.1 cm³/mol. The second-order valence-corrected chi connectivity index (χ2v) is 6.26. The maximum Gasteiger partial charge on any atom is 0.340 e. The number of amides is 1.